The number of aliphatic carboxylic acids is 1. The van der Waals surface area contributed by atoms with Gasteiger partial charge in [-0.2, -0.15) is 0 Å². The largest absolute Gasteiger partial charge is 0.497 e. The molecule has 2 aliphatic heterocycles. The molecule has 0 unspecified atom stereocenters. The maximum atomic E-state index is 13.6. The van der Waals surface area contributed by atoms with Crippen LogP contribution < -0.4 is 23.7 Å². The van der Waals surface area contributed by atoms with Crippen LogP contribution >= 0.6 is 0 Å². The van der Waals surface area contributed by atoms with E-state index in [-0.39, 0.29) is 25.2 Å². The van der Waals surface area contributed by atoms with Crippen LogP contribution in [0.2, 0.25) is 0 Å². The van der Waals surface area contributed by atoms with E-state index in [0.717, 1.165) is 16.7 Å². The number of likely N-dealkylation sites (N-methyl/N-ethyl adjacent to an activating group) is 1. The third-order valence-electron chi connectivity index (χ3n) is 7.80. The summed E-state index contributed by atoms with van der Waals surface area (Å²) in [6, 6.07) is 17.9. The molecule has 5 rings (SSSR count). The van der Waals surface area contributed by atoms with E-state index in [9.17, 15) is 14.7 Å². The predicted molar refractivity (Wildman–Crippen MR) is 150 cm³/mol. The van der Waals surface area contributed by atoms with Crippen LogP contribution in [0.25, 0.3) is 0 Å². The number of carboxylic acids is 1. The molecule has 41 heavy (non-hydrogen) atoms. The molecular formula is C31H34N2O8. The molecular weight excluding hydrogens is 528 g/mol. The van der Waals surface area contributed by atoms with Crippen LogP contribution in [0.4, 0.5) is 0 Å². The van der Waals surface area contributed by atoms with Crippen molar-refractivity contribution in [3.05, 3.63) is 77.4 Å². The van der Waals surface area contributed by atoms with Crippen molar-refractivity contribution in [3.63, 3.8) is 0 Å². The molecule has 216 valence electrons. The second-order valence-corrected chi connectivity index (χ2v) is 10.2. The number of carbonyl (C=O) groups is 2. The average Bonchev–Trinajstić information content (AvgIpc) is 3.61. The second kappa shape index (κ2) is 12.0. The fraction of sp³-hybridized carbons (Fsp3) is 0.355. The Balaban J connectivity index is 1.42. The smallest absolute Gasteiger partial charge is 0.309 e. The Morgan fingerprint density at radius 1 is 0.902 bits per heavy atom. The quantitative estimate of drug-likeness (QED) is 0.393. The Bertz CT molecular complexity index is 1410. The second-order valence-electron chi connectivity index (χ2n) is 10.2. The number of nitrogens with zero attached hydrogens (tertiary/aromatic N) is 2. The van der Waals surface area contributed by atoms with Gasteiger partial charge in [0.1, 0.15) is 5.75 Å². The lowest BCUT2D eigenvalue weighted by molar-refractivity contribution is -0.143. The number of methoxy groups -OCH3 is 3. The number of rotatable bonds is 10. The molecule has 1 amide bonds. The van der Waals surface area contributed by atoms with Gasteiger partial charge in [0.2, 0.25) is 12.7 Å². The molecule has 3 aromatic carbocycles. The topological polar surface area (TPSA) is 107 Å². The zero-order valence-corrected chi connectivity index (χ0v) is 23.5. The van der Waals surface area contributed by atoms with Gasteiger partial charge < -0.3 is 33.7 Å². The number of hydrogen-bond donors (Lipinski definition) is 1. The third-order valence-corrected chi connectivity index (χ3v) is 7.80. The highest BCUT2D eigenvalue weighted by Gasteiger charge is 2.48. The van der Waals surface area contributed by atoms with E-state index < -0.39 is 17.9 Å². The van der Waals surface area contributed by atoms with Gasteiger partial charge in [-0.3, -0.25) is 14.5 Å². The van der Waals surface area contributed by atoms with Crippen LogP contribution in [0.1, 0.15) is 28.7 Å². The number of likely N-dealkylation sites (tertiary alicyclic amines) is 1. The molecule has 3 atom stereocenters. The molecule has 0 aromatic heterocycles. The molecule has 1 N–H and O–H groups in total. The summed E-state index contributed by atoms with van der Waals surface area (Å²) in [6.45, 7) is 0.913. The van der Waals surface area contributed by atoms with Gasteiger partial charge in [-0.1, -0.05) is 24.3 Å². The lowest BCUT2D eigenvalue weighted by Gasteiger charge is -2.28. The van der Waals surface area contributed by atoms with Gasteiger partial charge in [-0.25, -0.2) is 0 Å². The summed E-state index contributed by atoms with van der Waals surface area (Å²) in [5.41, 5.74) is 2.51. The molecule has 0 bridgehead atoms. The van der Waals surface area contributed by atoms with Crippen LogP contribution in [0, 0.1) is 5.92 Å². The standard InChI is InChI=1S/C31H34N2O8/c1-32(15-19-5-11-24(38-3)26(13-19)39-4)28(34)17-33-16-23(21-8-12-25-27(14-21)41-18-40-25)29(31(35)36)30(33)20-6-9-22(37-2)10-7-20/h5-14,23,29-30H,15-18H2,1-4H3,(H,35,36)/t23-,29+,30-/m1/s1. The van der Waals surface area contributed by atoms with Gasteiger partial charge in [-0.15, -0.1) is 0 Å². The Morgan fingerprint density at radius 3 is 2.29 bits per heavy atom. The first kappa shape index (κ1) is 28.1. The monoisotopic (exact) mass is 562 g/mol. The fourth-order valence-corrected chi connectivity index (χ4v) is 5.71. The minimum Gasteiger partial charge on any atom is -0.497 e. The van der Waals surface area contributed by atoms with Crippen molar-refractivity contribution in [1.29, 1.82) is 0 Å². The Kier molecular flexibility index (Phi) is 8.21. The number of amides is 1. The van der Waals surface area contributed by atoms with E-state index in [1.165, 1.54) is 0 Å². The number of benzene rings is 3. The summed E-state index contributed by atoms with van der Waals surface area (Å²) in [5, 5.41) is 10.5. The summed E-state index contributed by atoms with van der Waals surface area (Å²) in [7, 11) is 6.46. The zero-order valence-electron chi connectivity index (χ0n) is 23.5. The van der Waals surface area contributed by atoms with Crippen LogP contribution in [0.3, 0.4) is 0 Å². The summed E-state index contributed by atoms with van der Waals surface area (Å²) in [5.74, 6) is 0.857. The number of fused-ring (bicyclic) bond motifs is 1. The highest BCUT2D eigenvalue weighted by molar-refractivity contribution is 5.79. The first-order valence-electron chi connectivity index (χ1n) is 13.3. The van der Waals surface area contributed by atoms with Crippen LogP contribution in [-0.2, 0) is 16.1 Å². The van der Waals surface area contributed by atoms with E-state index in [1.54, 1.807) is 39.3 Å². The molecule has 2 aliphatic rings. The van der Waals surface area contributed by atoms with E-state index >= 15 is 0 Å². The molecule has 1 fully saturated rings. The first-order valence-corrected chi connectivity index (χ1v) is 13.3. The summed E-state index contributed by atoms with van der Waals surface area (Å²) >= 11 is 0. The zero-order chi connectivity index (χ0) is 29.1. The molecule has 0 spiro atoms. The minimum atomic E-state index is -0.929. The fourth-order valence-electron chi connectivity index (χ4n) is 5.71. The Morgan fingerprint density at radius 2 is 1.61 bits per heavy atom. The van der Waals surface area contributed by atoms with Crippen molar-refractivity contribution in [1.82, 2.24) is 9.80 Å². The van der Waals surface area contributed by atoms with E-state index in [4.69, 9.17) is 23.7 Å². The molecule has 1 saturated heterocycles. The average molecular weight is 563 g/mol. The maximum Gasteiger partial charge on any atom is 0.309 e. The van der Waals surface area contributed by atoms with Crippen molar-refractivity contribution in [2.75, 3.05) is 48.3 Å². The number of carboxylic acid groups (broad SMARTS) is 1. The van der Waals surface area contributed by atoms with Gasteiger partial charge in [0.15, 0.2) is 23.0 Å². The minimum absolute atomic E-state index is 0.0469. The van der Waals surface area contributed by atoms with Crippen LogP contribution in [0.15, 0.2) is 60.7 Å². The summed E-state index contributed by atoms with van der Waals surface area (Å²) in [4.78, 5) is 30.0. The number of carbonyl (C=O) groups excluding carboxylic acids is 1. The maximum absolute atomic E-state index is 13.6. The van der Waals surface area contributed by atoms with Gasteiger partial charge in [0.05, 0.1) is 33.8 Å². The van der Waals surface area contributed by atoms with Crippen molar-refractivity contribution < 1.29 is 38.4 Å². The van der Waals surface area contributed by atoms with E-state index in [0.29, 0.717) is 41.8 Å². The van der Waals surface area contributed by atoms with Crippen LogP contribution in [-0.4, -0.2) is 75.0 Å². The SMILES string of the molecule is COc1ccc([C@@H]2[C@@H](C(=O)O)[C@@H](c3ccc4c(c3)OCO4)CN2CC(=O)N(C)Cc2ccc(OC)c(OC)c2)cc1. The van der Waals surface area contributed by atoms with Gasteiger partial charge in [-0.05, 0) is 53.1 Å². The third kappa shape index (κ3) is 5.74. The lowest BCUT2D eigenvalue weighted by Crippen LogP contribution is -2.39. The molecule has 10 heteroatoms. The molecule has 0 saturated carbocycles. The molecule has 2 heterocycles. The van der Waals surface area contributed by atoms with E-state index in [2.05, 4.69) is 0 Å². The Hall–Kier alpha value is -4.44. The molecule has 0 aliphatic carbocycles. The van der Waals surface area contributed by atoms with Gasteiger partial charge in [0, 0.05) is 32.1 Å². The highest BCUT2D eigenvalue weighted by atomic mass is 16.7. The first-order chi connectivity index (χ1) is 19.8. The molecule has 3 aromatic rings. The lowest BCUT2D eigenvalue weighted by atomic mass is 9.82. The van der Waals surface area contributed by atoms with Gasteiger partial charge >= 0.3 is 5.97 Å². The summed E-state index contributed by atoms with van der Waals surface area (Å²) < 4.78 is 27.1. The Labute approximate surface area is 238 Å². The van der Waals surface area contributed by atoms with Gasteiger partial charge in [0.25, 0.3) is 0 Å². The van der Waals surface area contributed by atoms with Crippen molar-refractivity contribution >= 4 is 11.9 Å². The number of hydrogen-bond acceptors (Lipinski definition) is 8. The van der Waals surface area contributed by atoms with Crippen molar-refractivity contribution in [3.8, 4) is 28.7 Å². The molecule has 10 nitrogen and oxygen atoms in total. The highest BCUT2D eigenvalue weighted by Crippen LogP contribution is 2.47. The van der Waals surface area contributed by atoms with Crippen molar-refractivity contribution in [2.45, 2.75) is 18.5 Å². The molecule has 0 radical (unpaired) electrons. The summed E-state index contributed by atoms with van der Waals surface area (Å²) in [6.07, 6.45) is 0. The van der Waals surface area contributed by atoms with E-state index in [1.807, 2.05) is 59.5 Å². The van der Waals surface area contributed by atoms with Crippen LogP contribution in [0.5, 0.6) is 28.7 Å². The number of ether oxygens (including phenoxy) is 5. The normalized spacial score (nSPS) is 19.6. The van der Waals surface area contributed by atoms with Crippen molar-refractivity contribution in [2.24, 2.45) is 5.92 Å². The predicted octanol–water partition coefficient (Wildman–Crippen LogP) is 3.94.